The van der Waals surface area contributed by atoms with E-state index in [1.165, 1.54) is 173 Å². The highest BCUT2D eigenvalue weighted by Gasteiger charge is 2.31. The minimum atomic E-state index is -0.869. The van der Waals surface area contributed by atoms with Crippen molar-refractivity contribution in [2.75, 3.05) is 41.0 Å². The zero-order chi connectivity index (χ0) is 42.1. The SMILES string of the molecule is CCCCCCCCCCCCCCCCCCCC(=O)OCC(COCCC(C(=O)O)[N+](C)(C)C)OC(=O)CCCCCCCCCCCCCCCCCC. The number of rotatable bonds is 45. The minimum absolute atomic E-state index is 0.0415. The van der Waals surface area contributed by atoms with Crippen molar-refractivity contribution in [2.24, 2.45) is 0 Å². The van der Waals surface area contributed by atoms with Crippen LogP contribution < -0.4 is 0 Å². The number of carbonyl (C=O) groups is 3. The molecule has 0 aliphatic rings. The van der Waals surface area contributed by atoms with Crippen molar-refractivity contribution in [1.82, 2.24) is 0 Å². The largest absolute Gasteiger partial charge is 0.477 e. The van der Waals surface area contributed by atoms with E-state index in [4.69, 9.17) is 14.2 Å². The monoisotopic (exact) mass is 811 g/mol. The van der Waals surface area contributed by atoms with Gasteiger partial charge in [-0.25, -0.2) is 4.79 Å². The molecule has 0 heterocycles. The van der Waals surface area contributed by atoms with Gasteiger partial charge in [0, 0.05) is 19.3 Å². The topological polar surface area (TPSA) is 99.1 Å². The summed E-state index contributed by atoms with van der Waals surface area (Å²) in [5.74, 6) is -1.44. The number of esters is 2. The number of hydrogen-bond donors (Lipinski definition) is 1. The smallest absolute Gasteiger partial charge is 0.362 e. The van der Waals surface area contributed by atoms with Crippen LogP contribution in [0.1, 0.15) is 245 Å². The molecule has 0 aliphatic heterocycles. The lowest BCUT2D eigenvalue weighted by Gasteiger charge is -2.31. The fourth-order valence-electron chi connectivity index (χ4n) is 7.68. The summed E-state index contributed by atoms with van der Waals surface area (Å²) in [7, 11) is 5.55. The number of carbonyl (C=O) groups excluding carboxylic acids is 2. The predicted molar refractivity (Wildman–Crippen MR) is 239 cm³/mol. The molecule has 0 bridgehead atoms. The summed E-state index contributed by atoms with van der Waals surface area (Å²) in [6, 6.07) is -0.608. The molecule has 0 amide bonds. The first-order valence-corrected chi connectivity index (χ1v) is 24.6. The number of likely N-dealkylation sites (N-methyl/N-ethyl adjacent to an activating group) is 1. The van der Waals surface area contributed by atoms with Gasteiger partial charge in [0.15, 0.2) is 12.1 Å². The van der Waals surface area contributed by atoms with Crippen LogP contribution in [0, 0.1) is 0 Å². The van der Waals surface area contributed by atoms with Crippen LogP contribution in [0.5, 0.6) is 0 Å². The fraction of sp³-hybridized carbons (Fsp3) is 0.939. The number of unbranched alkanes of at least 4 members (excludes halogenated alkanes) is 31. The highest BCUT2D eigenvalue weighted by atomic mass is 16.6. The Morgan fingerprint density at radius 1 is 0.456 bits per heavy atom. The standard InChI is InChI=1S/C49H95NO7/c1-6-8-10-12-14-16-18-20-22-24-26-27-29-31-33-35-37-39-47(51)56-44-45(43-55-42-41-46(49(53)54)50(3,4)5)57-48(52)40-38-36-34-32-30-28-25-23-21-19-17-15-13-11-9-7-2/h45-46H,6-44H2,1-5H3/p+1. The molecular weight excluding hydrogens is 715 g/mol. The Kier molecular flexibility index (Phi) is 39.9. The van der Waals surface area contributed by atoms with E-state index in [0.29, 0.717) is 19.3 Å². The summed E-state index contributed by atoms with van der Waals surface area (Å²) in [5, 5.41) is 9.64. The second-order valence-corrected chi connectivity index (χ2v) is 18.1. The Bertz CT molecular complexity index is 905. The molecule has 0 aliphatic carbocycles. The minimum Gasteiger partial charge on any atom is -0.477 e. The molecule has 0 saturated heterocycles. The molecule has 0 radical (unpaired) electrons. The van der Waals surface area contributed by atoms with E-state index in [9.17, 15) is 19.5 Å². The van der Waals surface area contributed by atoms with Gasteiger partial charge in [-0.1, -0.05) is 213 Å². The first-order valence-electron chi connectivity index (χ1n) is 24.6. The lowest BCUT2D eigenvalue weighted by atomic mass is 10.0. The van der Waals surface area contributed by atoms with Crippen LogP contribution >= 0.6 is 0 Å². The van der Waals surface area contributed by atoms with Crippen molar-refractivity contribution in [2.45, 2.75) is 257 Å². The lowest BCUT2D eigenvalue weighted by Crippen LogP contribution is -2.50. The lowest BCUT2D eigenvalue weighted by molar-refractivity contribution is -0.887. The van der Waals surface area contributed by atoms with Crippen molar-refractivity contribution >= 4 is 17.9 Å². The molecule has 0 aromatic carbocycles. The zero-order valence-corrected chi connectivity index (χ0v) is 38.6. The molecule has 8 heteroatoms. The second-order valence-electron chi connectivity index (χ2n) is 18.1. The summed E-state index contributed by atoms with van der Waals surface area (Å²) in [4.78, 5) is 37.1. The van der Waals surface area contributed by atoms with Crippen molar-refractivity contribution in [3.05, 3.63) is 0 Å². The van der Waals surface area contributed by atoms with Crippen LogP contribution in [0.25, 0.3) is 0 Å². The van der Waals surface area contributed by atoms with Gasteiger partial charge < -0.3 is 23.8 Å². The number of nitrogens with zero attached hydrogens (tertiary/aromatic N) is 1. The van der Waals surface area contributed by atoms with E-state index in [1.54, 1.807) is 0 Å². The number of hydrogen-bond acceptors (Lipinski definition) is 6. The third kappa shape index (κ3) is 39.6. The van der Waals surface area contributed by atoms with Gasteiger partial charge in [0.05, 0.1) is 34.4 Å². The number of quaternary nitrogens is 1. The van der Waals surface area contributed by atoms with Gasteiger partial charge in [-0.3, -0.25) is 9.59 Å². The summed E-state index contributed by atoms with van der Waals surface area (Å²) in [6.07, 6.45) is 42.8. The number of ether oxygens (including phenoxy) is 3. The molecule has 0 aromatic rings. The molecule has 0 saturated carbocycles. The Hall–Kier alpha value is -1.67. The third-order valence-electron chi connectivity index (χ3n) is 11.5. The van der Waals surface area contributed by atoms with Crippen molar-refractivity contribution in [1.29, 1.82) is 0 Å². The predicted octanol–water partition coefficient (Wildman–Crippen LogP) is 13.7. The highest BCUT2D eigenvalue weighted by Crippen LogP contribution is 2.17. The normalized spacial score (nSPS) is 12.8. The van der Waals surface area contributed by atoms with Crippen molar-refractivity contribution < 1.29 is 38.2 Å². The number of aliphatic carboxylic acids is 1. The van der Waals surface area contributed by atoms with Gasteiger partial charge in [0.25, 0.3) is 0 Å². The third-order valence-corrected chi connectivity index (χ3v) is 11.5. The molecule has 57 heavy (non-hydrogen) atoms. The quantitative estimate of drug-likeness (QED) is 0.0371. The molecule has 1 N–H and O–H groups in total. The second kappa shape index (κ2) is 41.1. The average molecular weight is 811 g/mol. The molecule has 0 aromatic heterocycles. The van der Waals surface area contributed by atoms with Gasteiger partial charge in [-0.05, 0) is 12.8 Å². The average Bonchev–Trinajstić information content (AvgIpc) is 3.17. The number of carboxylic acids is 1. The molecule has 0 rings (SSSR count). The fourth-order valence-corrected chi connectivity index (χ4v) is 7.68. The van der Waals surface area contributed by atoms with E-state index in [2.05, 4.69) is 13.8 Å². The van der Waals surface area contributed by atoms with Crippen LogP contribution in [0.4, 0.5) is 0 Å². The van der Waals surface area contributed by atoms with Crippen LogP contribution in [-0.4, -0.2) is 80.6 Å². The molecule has 0 fully saturated rings. The van der Waals surface area contributed by atoms with Crippen molar-refractivity contribution in [3.8, 4) is 0 Å². The maximum Gasteiger partial charge on any atom is 0.362 e. The maximum atomic E-state index is 12.8. The highest BCUT2D eigenvalue weighted by molar-refractivity contribution is 5.72. The first kappa shape index (κ1) is 55.3. The Balaban J connectivity index is 4.22. The van der Waals surface area contributed by atoms with Crippen LogP contribution in [0.15, 0.2) is 0 Å². The van der Waals surface area contributed by atoms with Gasteiger partial charge in [-0.2, -0.15) is 0 Å². The Labute approximate surface area is 353 Å². The summed E-state index contributed by atoms with van der Waals surface area (Å²) in [6.45, 7) is 4.79. The van der Waals surface area contributed by atoms with Gasteiger partial charge in [0.1, 0.15) is 6.61 Å². The van der Waals surface area contributed by atoms with E-state index in [0.717, 1.165) is 38.5 Å². The van der Waals surface area contributed by atoms with E-state index < -0.39 is 18.1 Å². The van der Waals surface area contributed by atoms with E-state index >= 15 is 0 Å². The molecule has 2 atom stereocenters. The van der Waals surface area contributed by atoms with Crippen LogP contribution in [0.3, 0.4) is 0 Å². The van der Waals surface area contributed by atoms with Gasteiger partial charge >= 0.3 is 17.9 Å². The Morgan fingerprint density at radius 2 is 0.772 bits per heavy atom. The first-order chi connectivity index (χ1) is 27.6. The molecule has 8 nitrogen and oxygen atoms in total. The van der Waals surface area contributed by atoms with Gasteiger partial charge in [0.2, 0.25) is 0 Å². The zero-order valence-electron chi connectivity index (χ0n) is 38.6. The summed E-state index contributed by atoms with van der Waals surface area (Å²) >= 11 is 0. The molecule has 338 valence electrons. The van der Waals surface area contributed by atoms with E-state index in [-0.39, 0.29) is 36.2 Å². The van der Waals surface area contributed by atoms with Crippen LogP contribution in [0.2, 0.25) is 0 Å². The van der Waals surface area contributed by atoms with Gasteiger partial charge in [-0.15, -0.1) is 0 Å². The van der Waals surface area contributed by atoms with Crippen LogP contribution in [-0.2, 0) is 28.6 Å². The van der Waals surface area contributed by atoms with E-state index in [1.807, 2.05) is 21.1 Å². The number of carboxylic acid groups (broad SMARTS) is 1. The molecule has 2 unspecified atom stereocenters. The summed E-state index contributed by atoms with van der Waals surface area (Å²) in [5.41, 5.74) is 0. The summed E-state index contributed by atoms with van der Waals surface area (Å²) < 4.78 is 17.4. The maximum absolute atomic E-state index is 12.8. The molecular formula is C49H96NO7+. The molecule has 0 spiro atoms. The van der Waals surface area contributed by atoms with Crippen molar-refractivity contribution in [3.63, 3.8) is 0 Å². The Morgan fingerprint density at radius 3 is 1.09 bits per heavy atom.